The second-order valence-corrected chi connectivity index (χ2v) is 21.1. The third-order valence-corrected chi connectivity index (χ3v) is 17.2. The average molecular weight is 993 g/mol. The lowest BCUT2D eigenvalue weighted by Crippen LogP contribution is -1.95. The van der Waals surface area contributed by atoms with Crippen molar-refractivity contribution in [2.24, 2.45) is 0 Å². The van der Waals surface area contributed by atoms with Crippen molar-refractivity contribution in [2.75, 3.05) is 0 Å². The Bertz CT molecular complexity index is 5030. The van der Waals surface area contributed by atoms with Gasteiger partial charge >= 0.3 is 0 Å². The summed E-state index contributed by atoms with van der Waals surface area (Å²) in [6.45, 7) is 0. The van der Waals surface area contributed by atoms with Gasteiger partial charge in [0.1, 0.15) is 11.6 Å². The van der Waals surface area contributed by atoms with E-state index >= 15 is 0 Å². The van der Waals surface area contributed by atoms with Crippen molar-refractivity contribution < 1.29 is 8.78 Å². The number of halogens is 2. The lowest BCUT2D eigenvalue weighted by Gasteiger charge is -2.22. The number of hydrogen-bond acceptors (Lipinski definition) is 0. The Morgan fingerprint density at radius 1 is 0.154 bits per heavy atom. The van der Waals surface area contributed by atoms with Crippen LogP contribution in [0.2, 0.25) is 0 Å². The summed E-state index contributed by atoms with van der Waals surface area (Å²) in [6.07, 6.45) is 0. The predicted molar refractivity (Wildman–Crippen MR) is 324 cm³/mol. The minimum absolute atomic E-state index is 0.267. The smallest absolute Gasteiger partial charge is 0.123 e. The van der Waals surface area contributed by atoms with Crippen molar-refractivity contribution in [1.29, 1.82) is 0 Å². The van der Waals surface area contributed by atoms with Gasteiger partial charge in [-0.05, 0) is 200 Å². The first-order chi connectivity index (χ1) is 38.6. The maximum atomic E-state index is 14.9. The lowest BCUT2D eigenvalue weighted by atomic mass is 9.81. The minimum atomic E-state index is -0.268. The number of hydrogen-bond donors (Lipinski definition) is 0. The van der Waals surface area contributed by atoms with Crippen molar-refractivity contribution in [2.45, 2.75) is 0 Å². The van der Waals surface area contributed by atoms with Gasteiger partial charge in [0.2, 0.25) is 0 Å². The van der Waals surface area contributed by atoms with Crippen LogP contribution in [0.3, 0.4) is 0 Å². The molecule has 15 aromatic rings. The molecular formula is C76H42F2. The molecule has 0 radical (unpaired) electrons. The van der Waals surface area contributed by atoms with Crippen LogP contribution >= 0.6 is 0 Å². The number of rotatable bonds is 6. The molecule has 0 aromatic heterocycles. The molecule has 0 N–H and O–H groups in total. The zero-order chi connectivity index (χ0) is 51.3. The quantitative estimate of drug-likeness (QED) is 0.115. The Hall–Kier alpha value is -10.0. The molecule has 2 aliphatic rings. The summed E-state index contributed by atoms with van der Waals surface area (Å²) >= 11 is 0. The maximum absolute atomic E-state index is 14.9. The molecule has 0 spiro atoms. The molecule has 0 unspecified atom stereocenters. The largest absolute Gasteiger partial charge is 0.207 e. The lowest BCUT2D eigenvalue weighted by molar-refractivity contribution is 0.627. The van der Waals surface area contributed by atoms with E-state index in [1.165, 1.54) is 115 Å². The fraction of sp³-hybridized carbons (Fsp3) is 0. The molecule has 0 atom stereocenters. The normalized spacial score (nSPS) is 12.2. The van der Waals surface area contributed by atoms with Crippen LogP contribution in [0.1, 0.15) is 0 Å². The van der Waals surface area contributed by atoms with Gasteiger partial charge in [-0.3, -0.25) is 0 Å². The third-order valence-electron chi connectivity index (χ3n) is 17.2. The summed E-state index contributed by atoms with van der Waals surface area (Å²) in [5, 5.41) is 14.6. The zero-order valence-corrected chi connectivity index (χ0v) is 42.0. The van der Waals surface area contributed by atoms with E-state index in [1.54, 1.807) is 24.3 Å². The van der Waals surface area contributed by atoms with Crippen LogP contribution in [-0.4, -0.2) is 0 Å². The molecule has 2 aliphatic carbocycles. The summed E-state index contributed by atoms with van der Waals surface area (Å²) < 4.78 is 29.5. The Morgan fingerprint density at radius 2 is 0.436 bits per heavy atom. The second kappa shape index (κ2) is 16.2. The van der Waals surface area contributed by atoms with E-state index < -0.39 is 0 Å². The fourth-order valence-electron chi connectivity index (χ4n) is 14.2. The summed E-state index contributed by atoms with van der Waals surface area (Å²) in [5.74, 6) is -0.535. The Kier molecular flexibility index (Phi) is 9.01. The summed E-state index contributed by atoms with van der Waals surface area (Å²) in [7, 11) is 0. The van der Waals surface area contributed by atoms with Crippen LogP contribution in [0, 0.1) is 11.6 Å². The van der Waals surface area contributed by atoms with E-state index in [9.17, 15) is 8.78 Å². The minimum Gasteiger partial charge on any atom is -0.207 e. The predicted octanol–water partition coefficient (Wildman–Crippen LogP) is 21.6. The molecule has 0 saturated carbocycles. The molecule has 78 heavy (non-hydrogen) atoms. The van der Waals surface area contributed by atoms with Gasteiger partial charge in [0, 0.05) is 0 Å². The second-order valence-electron chi connectivity index (χ2n) is 21.1. The summed E-state index contributed by atoms with van der Waals surface area (Å²) in [4.78, 5) is 0. The molecular weight excluding hydrogens is 951 g/mol. The highest BCUT2D eigenvalue weighted by Crippen LogP contribution is 2.63. The van der Waals surface area contributed by atoms with Gasteiger partial charge in [-0.2, -0.15) is 0 Å². The van der Waals surface area contributed by atoms with Crippen molar-refractivity contribution in [1.82, 2.24) is 0 Å². The maximum Gasteiger partial charge on any atom is 0.123 e. The molecule has 0 bridgehead atoms. The third kappa shape index (κ3) is 5.86. The molecule has 17 rings (SSSR count). The Labute approximate surface area is 448 Å². The topological polar surface area (TPSA) is 0 Å². The summed E-state index contributed by atoms with van der Waals surface area (Å²) in [5.41, 5.74) is 23.2. The molecule has 0 heterocycles. The number of fused-ring (bicyclic) bond motifs is 10. The monoisotopic (exact) mass is 992 g/mol. The van der Waals surface area contributed by atoms with Crippen LogP contribution in [0.4, 0.5) is 8.78 Å². The van der Waals surface area contributed by atoms with E-state index in [2.05, 4.69) is 206 Å². The Morgan fingerprint density at radius 3 is 0.833 bits per heavy atom. The molecule has 0 fully saturated rings. The van der Waals surface area contributed by atoms with Crippen LogP contribution in [-0.2, 0) is 0 Å². The van der Waals surface area contributed by atoms with Gasteiger partial charge in [0.05, 0.1) is 0 Å². The van der Waals surface area contributed by atoms with Gasteiger partial charge in [0.15, 0.2) is 0 Å². The summed E-state index contributed by atoms with van der Waals surface area (Å²) in [6, 6.07) is 89.9. The first kappa shape index (κ1) is 43.2. The number of benzene rings is 15. The highest BCUT2D eigenvalue weighted by Gasteiger charge is 2.36. The molecule has 0 aliphatic heterocycles. The molecule has 0 amide bonds. The molecule has 15 aromatic carbocycles. The van der Waals surface area contributed by atoms with E-state index in [4.69, 9.17) is 0 Å². The van der Waals surface area contributed by atoms with Crippen LogP contribution in [0.5, 0.6) is 0 Å². The fourth-order valence-corrected chi connectivity index (χ4v) is 14.2. The zero-order valence-electron chi connectivity index (χ0n) is 42.0. The van der Waals surface area contributed by atoms with E-state index in [0.717, 1.165) is 60.8 Å². The first-order valence-corrected chi connectivity index (χ1v) is 26.8. The Balaban J connectivity index is 0.987. The molecule has 0 saturated heterocycles. The SMILES string of the molecule is Fc1ccc(-c2ccccc2-c2c3c(c(-c4ccc(F)cc4)c4ccccc24)-c2ccc4c5ccc6c7c(ccc(c8ccc-3c2c48)c75)-c2c-6c(-c3ccccc3-c3ccccc3)c3ccccc3c2-c2ccccc2)cc1. The van der Waals surface area contributed by atoms with E-state index in [0.29, 0.717) is 0 Å². The van der Waals surface area contributed by atoms with Gasteiger partial charge in [-0.15, -0.1) is 0 Å². The highest BCUT2D eigenvalue weighted by molar-refractivity contribution is 6.42. The van der Waals surface area contributed by atoms with Gasteiger partial charge in [0.25, 0.3) is 0 Å². The molecule has 0 nitrogen and oxygen atoms in total. The van der Waals surface area contributed by atoms with Crippen molar-refractivity contribution in [3.63, 3.8) is 0 Å². The standard InChI is InChI=1S/C76H42F2/c77-47-31-27-44(28-32-47)50-20-8-10-22-52(50)70-56-26-14-12-24-54(56)66(46-29-33-48(78)34-30-46)74-62-40-36-58-59-37-41-63-71-61(39-35-57(67(59)71)60-38-42-64(76(70)74)72(62)68(58)60)73-65(45-17-5-2-6-18-45)53-23-11-13-25-55(53)69(75(63)73)51-21-9-7-19-49(51)43-15-3-1-4-16-43/h1-42H. The van der Waals surface area contributed by atoms with Crippen LogP contribution < -0.4 is 0 Å². The van der Waals surface area contributed by atoms with Gasteiger partial charge in [-0.1, -0.05) is 231 Å². The first-order valence-electron chi connectivity index (χ1n) is 26.8. The molecule has 2 heteroatoms. The van der Waals surface area contributed by atoms with Crippen molar-refractivity contribution >= 4 is 64.6 Å². The van der Waals surface area contributed by atoms with E-state index in [-0.39, 0.29) is 11.6 Å². The van der Waals surface area contributed by atoms with Crippen LogP contribution in [0.15, 0.2) is 255 Å². The van der Waals surface area contributed by atoms with E-state index in [1.807, 2.05) is 24.3 Å². The van der Waals surface area contributed by atoms with Gasteiger partial charge < -0.3 is 0 Å². The van der Waals surface area contributed by atoms with Crippen LogP contribution in [0.25, 0.3) is 176 Å². The van der Waals surface area contributed by atoms with Gasteiger partial charge in [-0.25, -0.2) is 8.78 Å². The molecule has 360 valence electrons. The highest BCUT2D eigenvalue weighted by atomic mass is 19.1. The van der Waals surface area contributed by atoms with Crippen molar-refractivity contribution in [3.05, 3.63) is 266 Å². The average Bonchev–Trinajstić information content (AvgIpc) is 4.07. The van der Waals surface area contributed by atoms with Crippen molar-refractivity contribution in [3.8, 4) is 111 Å².